The second-order valence-corrected chi connectivity index (χ2v) is 3.93. The third-order valence-corrected chi connectivity index (χ3v) is 2.99. The molecule has 1 aliphatic heterocycles. The van der Waals surface area contributed by atoms with Gasteiger partial charge in [0.2, 0.25) is 0 Å². The van der Waals surface area contributed by atoms with Gasteiger partial charge in [-0.1, -0.05) is 30.3 Å². The number of piperidine rings is 1. The van der Waals surface area contributed by atoms with Gasteiger partial charge in [0, 0.05) is 18.5 Å². The maximum atomic E-state index is 7.84. The maximum absolute atomic E-state index is 7.84. The van der Waals surface area contributed by atoms with Crippen molar-refractivity contribution >= 4 is 0 Å². The Hall–Kier alpha value is -0.860. The van der Waals surface area contributed by atoms with Gasteiger partial charge in [-0.25, -0.2) is 0 Å². The minimum absolute atomic E-state index is 0.428. The summed E-state index contributed by atoms with van der Waals surface area (Å²) in [7, 11) is 0. The Morgan fingerprint density at radius 1 is 1.27 bits per heavy atom. The molecule has 1 saturated heterocycles. The first-order valence-corrected chi connectivity index (χ1v) is 5.41. The summed E-state index contributed by atoms with van der Waals surface area (Å²) in [6.45, 7) is -3.40. The van der Waals surface area contributed by atoms with Gasteiger partial charge in [-0.05, 0) is 37.4 Å². The van der Waals surface area contributed by atoms with E-state index in [9.17, 15) is 0 Å². The number of nitrogens with two attached hydrogens (primary N) is 1. The summed E-state index contributed by atoms with van der Waals surface area (Å²) in [6.07, 6.45) is 1.67. The lowest BCUT2D eigenvalue weighted by atomic mass is 10.0. The van der Waals surface area contributed by atoms with Gasteiger partial charge >= 0.3 is 0 Å². The van der Waals surface area contributed by atoms with E-state index < -0.39 is 13.0 Å². The molecule has 82 valence electrons. The summed E-state index contributed by atoms with van der Waals surface area (Å²) in [5.41, 5.74) is 6.58. The van der Waals surface area contributed by atoms with Crippen LogP contribution in [0.25, 0.3) is 0 Å². The first-order valence-electron chi connectivity index (χ1n) is 7.41. The van der Waals surface area contributed by atoms with Crippen molar-refractivity contribution in [2.45, 2.75) is 18.8 Å². The number of rotatable bonds is 3. The molecule has 0 amide bonds. The molecule has 15 heavy (non-hydrogen) atoms. The van der Waals surface area contributed by atoms with Crippen LogP contribution in [0.5, 0.6) is 0 Å². The fourth-order valence-electron chi connectivity index (χ4n) is 2.14. The van der Waals surface area contributed by atoms with Crippen LogP contribution in [0, 0.1) is 0 Å². The fourth-order valence-corrected chi connectivity index (χ4v) is 2.14. The molecule has 0 aromatic heterocycles. The topological polar surface area (TPSA) is 29.3 Å². The SMILES string of the molecule is [2H]C([2H])(N)C([2H])([2H])N1CCC([13c]2[13cH][13cH][13cH][13cH][13cH]2)CC1. The van der Waals surface area contributed by atoms with Gasteiger partial charge in [0.1, 0.15) is 0 Å². The monoisotopic (exact) mass is 214 g/mol. The van der Waals surface area contributed by atoms with Crippen LogP contribution in [0.4, 0.5) is 0 Å². The molecule has 2 rings (SSSR count). The zero-order valence-electron chi connectivity index (χ0n) is 12.8. The summed E-state index contributed by atoms with van der Waals surface area (Å²) < 4.78 is 30.5. The second kappa shape index (κ2) is 5.29. The molecule has 1 fully saturated rings. The predicted molar refractivity (Wildman–Crippen MR) is 63.9 cm³/mol. The Morgan fingerprint density at radius 3 is 2.53 bits per heavy atom. The van der Waals surface area contributed by atoms with Crippen LogP contribution in [-0.4, -0.2) is 31.0 Å². The van der Waals surface area contributed by atoms with Crippen LogP contribution in [0.1, 0.15) is 29.8 Å². The minimum Gasteiger partial charge on any atom is -0.329 e. The number of benzene rings is 1. The molecular formula is C13H20N2. The maximum Gasteiger partial charge on any atom is 0.0444 e. The largest absolute Gasteiger partial charge is 0.329 e. The first-order chi connectivity index (χ1) is 8.82. The molecule has 1 aromatic rings. The number of hydrogen-bond acceptors (Lipinski definition) is 2. The lowest BCUT2D eigenvalue weighted by Gasteiger charge is -2.31. The Bertz CT molecular complexity index is 408. The molecule has 2 N–H and O–H groups in total. The molecule has 0 bridgehead atoms. The zero-order valence-corrected chi connectivity index (χ0v) is 8.82. The highest BCUT2D eigenvalue weighted by atomic mass is 15.1. The van der Waals surface area contributed by atoms with Crippen LogP contribution in [-0.2, 0) is 0 Å². The van der Waals surface area contributed by atoms with Gasteiger partial charge in [-0.2, -0.15) is 0 Å². The molecule has 1 aromatic carbocycles. The highest BCUT2D eigenvalue weighted by molar-refractivity contribution is 5.19. The van der Waals surface area contributed by atoms with E-state index in [1.807, 2.05) is 18.2 Å². The van der Waals surface area contributed by atoms with Crippen molar-refractivity contribution in [3.05, 3.63) is 35.9 Å². The van der Waals surface area contributed by atoms with Crippen LogP contribution < -0.4 is 5.73 Å². The second-order valence-electron chi connectivity index (χ2n) is 3.93. The van der Waals surface area contributed by atoms with Gasteiger partial charge in [0.25, 0.3) is 0 Å². The molecule has 0 atom stereocenters. The zero-order chi connectivity index (χ0) is 14.1. The smallest absolute Gasteiger partial charge is 0.0444 e. The molecule has 2 nitrogen and oxygen atoms in total. The summed E-state index contributed by atoms with van der Waals surface area (Å²) in [4.78, 5) is 1.52. The molecule has 0 spiro atoms. The van der Waals surface area contributed by atoms with Gasteiger partial charge in [-0.15, -0.1) is 0 Å². The van der Waals surface area contributed by atoms with E-state index in [4.69, 9.17) is 11.2 Å². The van der Waals surface area contributed by atoms with E-state index in [0.717, 1.165) is 12.8 Å². The van der Waals surface area contributed by atoms with Crippen LogP contribution in [0.15, 0.2) is 30.3 Å². The highest BCUT2D eigenvalue weighted by Gasteiger charge is 2.19. The summed E-state index contributed by atoms with van der Waals surface area (Å²) in [5.74, 6) is 0.428. The third-order valence-electron chi connectivity index (χ3n) is 2.99. The summed E-state index contributed by atoms with van der Waals surface area (Å²) in [6, 6.07) is 10.2. The van der Waals surface area contributed by atoms with E-state index in [1.165, 1.54) is 10.5 Å². The van der Waals surface area contributed by atoms with E-state index in [2.05, 4.69) is 12.1 Å². The Labute approximate surface area is 97.7 Å². The average molecular weight is 214 g/mol. The lowest BCUT2D eigenvalue weighted by Crippen LogP contribution is -2.36. The fraction of sp³-hybridized carbons (Fsp3) is 0.538. The van der Waals surface area contributed by atoms with Gasteiger partial charge in [0.05, 0.1) is 0 Å². The molecule has 0 aliphatic carbocycles. The van der Waals surface area contributed by atoms with Crippen molar-refractivity contribution < 1.29 is 5.48 Å². The Kier molecular flexibility index (Phi) is 2.35. The molecule has 1 aliphatic rings. The minimum atomic E-state index is -2.34. The average Bonchev–Trinajstić information content (AvgIpc) is 2.39. The third kappa shape index (κ3) is 2.80. The number of hydrogen-bond donors (Lipinski definition) is 1. The van der Waals surface area contributed by atoms with E-state index in [1.54, 1.807) is 0 Å². The Morgan fingerprint density at radius 2 is 1.93 bits per heavy atom. The van der Waals surface area contributed by atoms with Gasteiger partial charge in [-0.3, -0.25) is 0 Å². The predicted octanol–water partition coefficient (Wildman–Crippen LogP) is 1.82. The van der Waals surface area contributed by atoms with E-state index >= 15 is 0 Å². The van der Waals surface area contributed by atoms with Gasteiger partial charge < -0.3 is 10.6 Å². The van der Waals surface area contributed by atoms with Crippen molar-refractivity contribution in [3.63, 3.8) is 0 Å². The van der Waals surface area contributed by atoms with Crippen LogP contribution in [0.2, 0.25) is 0 Å². The summed E-state index contributed by atoms with van der Waals surface area (Å²) in [5, 5.41) is 0. The first kappa shape index (κ1) is 6.66. The number of nitrogens with zero attached hydrogens (tertiary/aromatic N) is 1. The normalized spacial score (nSPS) is 25.1. The molecule has 0 saturated carbocycles. The van der Waals surface area contributed by atoms with Crippen LogP contribution in [0.3, 0.4) is 0 Å². The number of likely N-dealkylation sites (tertiary alicyclic amines) is 1. The quantitative estimate of drug-likeness (QED) is 0.831. The van der Waals surface area contributed by atoms with Crippen molar-refractivity contribution in [2.75, 3.05) is 26.1 Å². The van der Waals surface area contributed by atoms with Crippen molar-refractivity contribution in [1.82, 2.24) is 4.90 Å². The van der Waals surface area contributed by atoms with E-state index in [0.29, 0.717) is 19.0 Å². The van der Waals surface area contributed by atoms with Gasteiger partial charge in [0.15, 0.2) is 0 Å². The highest BCUT2D eigenvalue weighted by Crippen LogP contribution is 2.27. The standard InChI is InChI=1S/C13H20N2/c14-8-11-15-9-6-13(7-10-15)12-4-2-1-3-5-12/h1-5,13H,6-11,14H2/i1+1,2+1,3+1,4+1,5+1,8D2,11D2,12+1. The lowest BCUT2D eigenvalue weighted by molar-refractivity contribution is 0.218. The van der Waals surface area contributed by atoms with Crippen molar-refractivity contribution in [1.29, 1.82) is 0 Å². The molecule has 2 heteroatoms. The Balaban J connectivity index is 2.00. The molecule has 1 heterocycles. The van der Waals surface area contributed by atoms with Crippen LogP contribution >= 0.6 is 0 Å². The molecule has 0 unspecified atom stereocenters. The van der Waals surface area contributed by atoms with Crippen molar-refractivity contribution in [2.24, 2.45) is 5.73 Å². The van der Waals surface area contributed by atoms with Crippen molar-refractivity contribution in [3.8, 4) is 0 Å². The molecular weight excluding hydrogens is 190 g/mol. The summed E-state index contributed by atoms with van der Waals surface area (Å²) >= 11 is 0. The molecule has 0 radical (unpaired) electrons. The van der Waals surface area contributed by atoms with E-state index in [-0.39, 0.29) is 0 Å².